The number of anilines is 1. The Morgan fingerprint density at radius 2 is 1.96 bits per heavy atom. The van der Waals surface area contributed by atoms with E-state index in [0.29, 0.717) is 13.0 Å². The first kappa shape index (κ1) is 19.3. The van der Waals surface area contributed by atoms with Gasteiger partial charge in [-0.3, -0.25) is 9.59 Å². The molecule has 0 aromatic heterocycles. The zero-order chi connectivity index (χ0) is 18.2. The lowest BCUT2D eigenvalue weighted by atomic mass is 9.81. The SMILES string of the molecule is CCN(CCNC(=O)[C@H]1CCC[C@@H](C(=O)OC)C1)c1ccccc1C. The molecule has 2 rings (SSSR count). The zero-order valence-electron chi connectivity index (χ0n) is 15.6. The number of methoxy groups -OCH3 is 1. The fourth-order valence-corrected chi connectivity index (χ4v) is 3.63. The van der Waals surface area contributed by atoms with Crippen molar-refractivity contribution in [3.8, 4) is 0 Å². The third-order valence-corrected chi connectivity index (χ3v) is 5.10. The van der Waals surface area contributed by atoms with Crippen molar-refractivity contribution in [2.24, 2.45) is 11.8 Å². The molecular weight excluding hydrogens is 316 g/mol. The summed E-state index contributed by atoms with van der Waals surface area (Å²) in [6.07, 6.45) is 3.19. The van der Waals surface area contributed by atoms with Crippen LogP contribution in [0.3, 0.4) is 0 Å². The maximum absolute atomic E-state index is 12.4. The number of hydrogen-bond donors (Lipinski definition) is 1. The van der Waals surface area contributed by atoms with E-state index in [2.05, 4.69) is 36.2 Å². The largest absolute Gasteiger partial charge is 0.469 e. The number of nitrogens with one attached hydrogen (secondary N) is 1. The highest BCUT2D eigenvalue weighted by Gasteiger charge is 2.31. The minimum atomic E-state index is -0.186. The van der Waals surface area contributed by atoms with Crippen LogP contribution < -0.4 is 10.2 Å². The predicted octanol–water partition coefficient (Wildman–Crippen LogP) is 2.92. The summed E-state index contributed by atoms with van der Waals surface area (Å²) in [5, 5.41) is 3.05. The molecule has 138 valence electrons. The molecule has 1 aromatic carbocycles. The molecule has 0 radical (unpaired) electrons. The van der Waals surface area contributed by atoms with Crippen molar-refractivity contribution in [3.05, 3.63) is 29.8 Å². The van der Waals surface area contributed by atoms with Gasteiger partial charge >= 0.3 is 5.97 Å². The Morgan fingerprint density at radius 1 is 1.24 bits per heavy atom. The predicted molar refractivity (Wildman–Crippen MR) is 99.5 cm³/mol. The molecule has 1 aliphatic carbocycles. The van der Waals surface area contributed by atoms with Gasteiger partial charge < -0.3 is 15.0 Å². The molecular formula is C20H30N2O3. The monoisotopic (exact) mass is 346 g/mol. The first-order chi connectivity index (χ1) is 12.1. The van der Waals surface area contributed by atoms with Crippen molar-refractivity contribution in [2.45, 2.75) is 39.5 Å². The van der Waals surface area contributed by atoms with Crippen LogP contribution in [-0.4, -0.2) is 38.6 Å². The van der Waals surface area contributed by atoms with E-state index in [1.807, 2.05) is 12.1 Å². The summed E-state index contributed by atoms with van der Waals surface area (Å²) in [5.41, 5.74) is 2.45. The number of likely N-dealkylation sites (N-methyl/N-ethyl adjacent to an activating group) is 1. The molecule has 0 unspecified atom stereocenters. The number of carbonyl (C=O) groups is 2. The second-order valence-electron chi connectivity index (χ2n) is 6.74. The Balaban J connectivity index is 1.83. The van der Waals surface area contributed by atoms with E-state index in [1.165, 1.54) is 18.4 Å². The number of aryl methyl sites for hydroxylation is 1. The Labute approximate surface area is 150 Å². The summed E-state index contributed by atoms with van der Waals surface area (Å²) in [7, 11) is 1.41. The maximum atomic E-state index is 12.4. The summed E-state index contributed by atoms with van der Waals surface area (Å²) in [4.78, 5) is 26.4. The highest BCUT2D eigenvalue weighted by atomic mass is 16.5. The first-order valence-electron chi connectivity index (χ1n) is 9.23. The van der Waals surface area contributed by atoms with Crippen molar-refractivity contribution in [2.75, 3.05) is 31.6 Å². The second kappa shape index (κ2) is 9.44. The van der Waals surface area contributed by atoms with Gasteiger partial charge in [-0.2, -0.15) is 0 Å². The highest BCUT2D eigenvalue weighted by Crippen LogP contribution is 2.30. The number of carbonyl (C=O) groups excluding carboxylic acids is 2. The van der Waals surface area contributed by atoms with E-state index in [4.69, 9.17) is 4.74 Å². The highest BCUT2D eigenvalue weighted by molar-refractivity contribution is 5.80. The van der Waals surface area contributed by atoms with Crippen LogP contribution in [0.1, 0.15) is 38.2 Å². The van der Waals surface area contributed by atoms with E-state index in [0.717, 1.165) is 32.4 Å². The Morgan fingerprint density at radius 3 is 2.64 bits per heavy atom. The molecule has 0 bridgehead atoms. The van der Waals surface area contributed by atoms with E-state index in [-0.39, 0.29) is 23.7 Å². The van der Waals surface area contributed by atoms with Crippen LogP contribution in [-0.2, 0) is 14.3 Å². The smallest absolute Gasteiger partial charge is 0.308 e. The Hall–Kier alpha value is -2.04. The summed E-state index contributed by atoms with van der Waals surface area (Å²) >= 11 is 0. The molecule has 1 fully saturated rings. The number of esters is 1. The number of hydrogen-bond acceptors (Lipinski definition) is 4. The van der Waals surface area contributed by atoms with Crippen LogP contribution in [0.2, 0.25) is 0 Å². The molecule has 5 nitrogen and oxygen atoms in total. The molecule has 1 aromatic rings. The van der Waals surface area contributed by atoms with Crippen molar-refractivity contribution < 1.29 is 14.3 Å². The van der Waals surface area contributed by atoms with Gasteiger partial charge in [0, 0.05) is 31.2 Å². The van der Waals surface area contributed by atoms with E-state index in [9.17, 15) is 9.59 Å². The number of para-hydroxylation sites is 1. The summed E-state index contributed by atoms with van der Waals surface area (Å²) in [6, 6.07) is 8.29. The van der Waals surface area contributed by atoms with Crippen LogP contribution in [0.15, 0.2) is 24.3 Å². The fraction of sp³-hybridized carbons (Fsp3) is 0.600. The van der Waals surface area contributed by atoms with E-state index >= 15 is 0 Å². The van der Waals surface area contributed by atoms with Gasteiger partial charge in [-0.1, -0.05) is 24.6 Å². The van der Waals surface area contributed by atoms with Gasteiger partial charge in [0.05, 0.1) is 13.0 Å². The molecule has 0 aliphatic heterocycles. The molecule has 0 heterocycles. The molecule has 0 saturated heterocycles. The van der Waals surface area contributed by atoms with Crippen LogP contribution in [0.4, 0.5) is 5.69 Å². The van der Waals surface area contributed by atoms with Crippen molar-refractivity contribution >= 4 is 17.6 Å². The second-order valence-corrected chi connectivity index (χ2v) is 6.74. The first-order valence-corrected chi connectivity index (χ1v) is 9.23. The van der Waals surface area contributed by atoms with Crippen LogP contribution in [0.5, 0.6) is 0 Å². The van der Waals surface area contributed by atoms with Gasteiger partial charge in [0.2, 0.25) is 5.91 Å². The summed E-state index contributed by atoms with van der Waals surface area (Å²) in [5.74, 6) is -0.330. The molecule has 5 heteroatoms. The number of rotatable bonds is 7. The lowest BCUT2D eigenvalue weighted by Gasteiger charge is -2.28. The molecule has 25 heavy (non-hydrogen) atoms. The molecule has 1 N–H and O–H groups in total. The van der Waals surface area contributed by atoms with Gasteiger partial charge in [0.25, 0.3) is 0 Å². The van der Waals surface area contributed by atoms with Crippen molar-refractivity contribution in [3.63, 3.8) is 0 Å². The lowest BCUT2D eigenvalue weighted by Crippen LogP contribution is -2.40. The average molecular weight is 346 g/mol. The molecule has 0 spiro atoms. The maximum Gasteiger partial charge on any atom is 0.308 e. The standard InChI is InChI=1S/C20H30N2O3/c1-4-22(18-11-6-5-8-15(18)2)13-12-21-19(23)16-9-7-10-17(14-16)20(24)25-3/h5-6,8,11,16-17H,4,7,9-10,12-14H2,1-3H3,(H,21,23)/t16-,17+/m0/s1. The van der Waals surface area contributed by atoms with Gasteiger partial charge in [-0.25, -0.2) is 0 Å². The molecule has 1 amide bonds. The number of amides is 1. The molecule has 1 saturated carbocycles. The minimum Gasteiger partial charge on any atom is -0.469 e. The fourth-order valence-electron chi connectivity index (χ4n) is 3.63. The summed E-state index contributed by atoms with van der Waals surface area (Å²) in [6.45, 7) is 6.51. The third kappa shape index (κ3) is 5.21. The van der Waals surface area contributed by atoms with Crippen LogP contribution >= 0.6 is 0 Å². The zero-order valence-corrected chi connectivity index (χ0v) is 15.6. The van der Waals surface area contributed by atoms with E-state index in [1.54, 1.807) is 0 Å². The van der Waals surface area contributed by atoms with Gasteiger partial charge in [0.1, 0.15) is 0 Å². The summed E-state index contributed by atoms with van der Waals surface area (Å²) < 4.78 is 4.83. The molecule has 1 aliphatic rings. The average Bonchev–Trinajstić information content (AvgIpc) is 2.65. The lowest BCUT2D eigenvalue weighted by molar-refractivity contribution is -0.147. The number of nitrogens with zero attached hydrogens (tertiary/aromatic N) is 1. The Kier molecular flexibility index (Phi) is 7.29. The topological polar surface area (TPSA) is 58.6 Å². The quantitative estimate of drug-likeness (QED) is 0.771. The molecule has 2 atom stereocenters. The normalized spacial score (nSPS) is 20.0. The van der Waals surface area contributed by atoms with Gasteiger partial charge in [-0.05, 0) is 44.7 Å². The van der Waals surface area contributed by atoms with Crippen molar-refractivity contribution in [1.82, 2.24) is 5.32 Å². The van der Waals surface area contributed by atoms with Crippen LogP contribution in [0, 0.1) is 18.8 Å². The van der Waals surface area contributed by atoms with Gasteiger partial charge in [0.15, 0.2) is 0 Å². The number of benzene rings is 1. The van der Waals surface area contributed by atoms with Gasteiger partial charge in [-0.15, -0.1) is 0 Å². The minimum absolute atomic E-state index is 0.0643. The third-order valence-electron chi connectivity index (χ3n) is 5.10. The Bertz CT molecular complexity index is 588. The van der Waals surface area contributed by atoms with Crippen LogP contribution in [0.25, 0.3) is 0 Å². The van der Waals surface area contributed by atoms with E-state index < -0.39 is 0 Å². The number of ether oxygens (including phenoxy) is 1. The van der Waals surface area contributed by atoms with Crippen molar-refractivity contribution in [1.29, 1.82) is 0 Å².